The van der Waals surface area contributed by atoms with Crippen molar-refractivity contribution >= 4 is 38.7 Å². The molecule has 100 valence electrons. The normalized spacial score (nSPS) is 11.5. The van der Waals surface area contributed by atoms with Crippen LogP contribution in [0, 0.1) is 6.92 Å². The van der Waals surface area contributed by atoms with Crippen LogP contribution in [0.2, 0.25) is 5.02 Å². The highest BCUT2D eigenvalue weighted by Gasteiger charge is 2.25. The van der Waals surface area contributed by atoms with Gasteiger partial charge < -0.3 is 5.11 Å². The van der Waals surface area contributed by atoms with E-state index in [9.17, 15) is 13.2 Å². The van der Waals surface area contributed by atoms with E-state index < -0.39 is 15.8 Å². The summed E-state index contributed by atoms with van der Waals surface area (Å²) in [4.78, 5) is 11.1. The number of thiophene rings is 1. The van der Waals surface area contributed by atoms with Gasteiger partial charge in [0.25, 0.3) is 0 Å². The molecule has 0 aliphatic carbocycles. The highest BCUT2D eigenvalue weighted by molar-refractivity contribution is 7.91. The molecule has 0 bridgehead atoms. The van der Waals surface area contributed by atoms with Crippen LogP contribution in [0.15, 0.2) is 39.4 Å². The lowest BCUT2D eigenvalue weighted by molar-refractivity contribution is 0.0701. The molecule has 0 saturated heterocycles. The van der Waals surface area contributed by atoms with Crippen LogP contribution >= 0.6 is 22.9 Å². The van der Waals surface area contributed by atoms with Crippen LogP contribution in [-0.4, -0.2) is 19.5 Å². The number of rotatable bonds is 3. The highest BCUT2D eigenvalue weighted by atomic mass is 35.5. The average Bonchev–Trinajstić information content (AvgIpc) is 2.72. The Kier molecular flexibility index (Phi) is 3.66. The molecular formula is C12H9ClO4S2. The average molecular weight is 317 g/mol. The summed E-state index contributed by atoms with van der Waals surface area (Å²) < 4.78 is 24.7. The number of hydrogen-bond donors (Lipinski definition) is 1. The van der Waals surface area contributed by atoms with Crippen molar-refractivity contribution in [3.8, 4) is 0 Å². The van der Waals surface area contributed by atoms with Crippen LogP contribution in [0.25, 0.3) is 0 Å². The Hall–Kier alpha value is -1.37. The molecule has 0 aliphatic rings. The first-order valence-electron chi connectivity index (χ1n) is 5.16. The van der Waals surface area contributed by atoms with Gasteiger partial charge in [0.15, 0.2) is 0 Å². The van der Waals surface area contributed by atoms with Crippen molar-refractivity contribution in [2.45, 2.75) is 16.7 Å². The second-order valence-electron chi connectivity index (χ2n) is 3.82. The highest BCUT2D eigenvalue weighted by Crippen LogP contribution is 2.30. The second kappa shape index (κ2) is 4.96. The van der Waals surface area contributed by atoms with E-state index >= 15 is 0 Å². The van der Waals surface area contributed by atoms with Gasteiger partial charge in [-0.3, -0.25) is 0 Å². The first-order valence-corrected chi connectivity index (χ1v) is 7.90. The smallest absolute Gasteiger partial charge is 0.346 e. The quantitative estimate of drug-likeness (QED) is 0.943. The fraction of sp³-hybridized carbons (Fsp3) is 0.0833. The molecule has 4 nitrogen and oxygen atoms in total. The molecule has 2 aromatic rings. The van der Waals surface area contributed by atoms with Crippen molar-refractivity contribution in [1.29, 1.82) is 0 Å². The lowest BCUT2D eigenvalue weighted by Gasteiger charge is -2.04. The fourth-order valence-corrected chi connectivity index (χ4v) is 4.50. The van der Waals surface area contributed by atoms with E-state index in [2.05, 4.69) is 0 Å². The minimum atomic E-state index is -3.71. The van der Waals surface area contributed by atoms with E-state index in [0.29, 0.717) is 5.02 Å². The van der Waals surface area contributed by atoms with E-state index in [4.69, 9.17) is 16.7 Å². The Bertz CT molecular complexity index is 730. The lowest BCUT2D eigenvalue weighted by atomic mass is 10.3. The summed E-state index contributed by atoms with van der Waals surface area (Å²) in [6.45, 7) is 1.49. The molecule has 0 saturated carbocycles. The molecule has 0 spiro atoms. The maximum absolute atomic E-state index is 12.4. The SMILES string of the molecule is Cc1c(S(=O)(=O)c2ccc(Cl)cc2)csc1C(=O)O. The second-order valence-corrected chi connectivity index (χ2v) is 7.05. The number of carboxylic acids is 1. The number of aromatic carboxylic acids is 1. The summed E-state index contributed by atoms with van der Waals surface area (Å²) in [5, 5.41) is 10.7. The van der Waals surface area contributed by atoms with Gasteiger partial charge in [-0.2, -0.15) is 0 Å². The molecular weight excluding hydrogens is 308 g/mol. The van der Waals surface area contributed by atoms with Crippen LogP contribution in [0.5, 0.6) is 0 Å². The molecule has 2 rings (SSSR count). The van der Waals surface area contributed by atoms with Gasteiger partial charge in [0, 0.05) is 10.4 Å². The van der Waals surface area contributed by atoms with Gasteiger partial charge in [0.1, 0.15) is 4.88 Å². The van der Waals surface area contributed by atoms with Crippen molar-refractivity contribution < 1.29 is 18.3 Å². The topological polar surface area (TPSA) is 71.4 Å². The minimum absolute atomic E-state index is 0.0252. The zero-order valence-corrected chi connectivity index (χ0v) is 12.1. The fourth-order valence-electron chi connectivity index (χ4n) is 1.62. The molecule has 0 amide bonds. The first kappa shape index (κ1) is 14.0. The summed E-state index contributed by atoms with van der Waals surface area (Å²) in [5.74, 6) is -1.12. The van der Waals surface area contributed by atoms with E-state index in [0.717, 1.165) is 11.3 Å². The summed E-state index contributed by atoms with van der Waals surface area (Å²) in [5.41, 5.74) is 0.257. The van der Waals surface area contributed by atoms with Crippen LogP contribution in [0.3, 0.4) is 0 Å². The molecule has 0 fully saturated rings. The first-order chi connectivity index (χ1) is 8.84. The maximum Gasteiger partial charge on any atom is 0.346 e. The third-order valence-electron chi connectivity index (χ3n) is 2.60. The summed E-state index contributed by atoms with van der Waals surface area (Å²) >= 11 is 6.62. The Morgan fingerprint density at radius 2 is 1.84 bits per heavy atom. The number of halogens is 1. The number of hydrogen-bond acceptors (Lipinski definition) is 4. The zero-order chi connectivity index (χ0) is 14.2. The Morgan fingerprint density at radius 1 is 1.26 bits per heavy atom. The third-order valence-corrected chi connectivity index (χ3v) is 5.97. The van der Waals surface area contributed by atoms with Crippen LogP contribution in [0.4, 0.5) is 0 Å². The largest absolute Gasteiger partial charge is 0.477 e. The molecule has 19 heavy (non-hydrogen) atoms. The van der Waals surface area contributed by atoms with Gasteiger partial charge in [-0.25, -0.2) is 13.2 Å². The van der Waals surface area contributed by atoms with Gasteiger partial charge >= 0.3 is 5.97 Å². The van der Waals surface area contributed by atoms with E-state index in [1.807, 2.05) is 0 Å². The summed E-state index contributed by atoms with van der Waals surface area (Å²) in [7, 11) is -3.71. The van der Waals surface area contributed by atoms with Gasteiger partial charge in [0.05, 0.1) is 9.79 Å². The minimum Gasteiger partial charge on any atom is -0.477 e. The van der Waals surface area contributed by atoms with Crippen LogP contribution in [-0.2, 0) is 9.84 Å². The number of sulfone groups is 1. The molecule has 0 atom stereocenters. The molecule has 1 N–H and O–H groups in total. The molecule has 0 radical (unpaired) electrons. The molecule has 1 aromatic heterocycles. The van der Waals surface area contributed by atoms with Gasteiger partial charge in [-0.1, -0.05) is 11.6 Å². The van der Waals surface area contributed by atoms with E-state index in [1.54, 1.807) is 0 Å². The standard InChI is InChI=1S/C12H9ClO4S2/c1-7-10(6-18-11(7)12(14)15)19(16,17)9-4-2-8(13)3-5-9/h2-6H,1H3,(H,14,15). The Labute approximate surface area is 119 Å². The zero-order valence-electron chi connectivity index (χ0n) is 9.75. The van der Waals surface area contributed by atoms with Crippen LogP contribution < -0.4 is 0 Å². The monoisotopic (exact) mass is 316 g/mol. The number of carboxylic acid groups (broad SMARTS) is 1. The van der Waals surface area contributed by atoms with Gasteiger partial charge in [-0.15, -0.1) is 11.3 Å². The lowest BCUT2D eigenvalue weighted by Crippen LogP contribution is -2.04. The Balaban J connectivity index is 2.57. The van der Waals surface area contributed by atoms with Crippen molar-refractivity contribution in [2.75, 3.05) is 0 Å². The summed E-state index contributed by atoms with van der Waals surface area (Å²) in [6, 6.07) is 5.76. The van der Waals surface area contributed by atoms with Gasteiger partial charge in [-0.05, 0) is 36.8 Å². The predicted octanol–water partition coefficient (Wildman–Crippen LogP) is 3.24. The predicted molar refractivity (Wildman–Crippen MR) is 72.9 cm³/mol. The van der Waals surface area contributed by atoms with Crippen molar-refractivity contribution in [3.05, 3.63) is 45.1 Å². The molecule has 7 heteroatoms. The molecule has 1 heterocycles. The van der Waals surface area contributed by atoms with E-state index in [-0.39, 0.29) is 20.2 Å². The Morgan fingerprint density at radius 3 is 2.32 bits per heavy atom. The molecule has 0 unspecified atom stereocenters. The number of carbonyl (C=O) groups is 1. The summed E-state index contributed by atoms with van der Waals surface area (Å²) in [6.07, 6.45) is 0. The van der Waals surface area contributed by atoms with Crippen LogP contribution in [0.1, 0.15) is 15.2 Å². The van der Waals surface area contributed by atoms with Gasteiger partial charge in [0.2, 0.25) is 9.84 Å². The number of benzene rings is 1. The van der Waals surface area contributed by atoms with Crippen molar-refractivity contribution in [1.82, 2.24) is 0 Å². The van der Waals surface area contributed by atoms with E-state index in [1.165, 1.54) is 36.6 Å². The maximum atomic E-state index is 12.4. The van der Waals surface area contributed by atoms with Crippen molar-refractivity contribution in [2.24, 2.45) is 0 Å². The molecule has 0 aliphatic heterocycles. The van der Waals surface area contributed by atoms with Crippen molar-refractivity contribution in [3.63, 3.8) is 0 Å². The third kappa shape index (κ3) is 2.51. The molecule has 1 aromatic carbocycles.